The first-order valence-electron chi connectivity index (χ1n) is 6.07. The summed E-state index contributed by atoms with van der Waals surface area (Å²) in [4.78, 5) is 23.2. The molecule has 0 aromatic heterocycles. The van der Waals surface area contributed by atoms with E-state index in [1.807, 2.05) is 6.07 Å². The minimum Gasteiger partial charge on any atom is -0.464 e. The SMILES string of the molecule is CCOC(=O)C(Cc1cc(Cl)cc(Br)c1)NC(=O)CN. The Labute approximate surface area is 130 Å². The Hall–Kier alpha value is -1.11. The highest BCUT2D eigenvalue weighted by atomic mass is 79.9. The zero-order chi connectivity index (χ0) is 15.1. The van der Waals surface area contributed by atoms with Crippen LogP contribution < -0.4 is 11.1 Å². The lowest BCUT2D eigenvalue weighted by Gasteiger charge is -2.17. The molecule has 1 aromatic rings. The largest absolute Gasteiger partial charge is 0.464 e. The number of carbonyl (C=O) groups excluding carboxylic acids is 2. The molecular weight excluding hydrogens is 348 g/mol. The molecule has 0 radical (unpaired) electrons. The third-order valence-corrected chi connectivity index (χ3v) is 3.13. The number of nitrogens with one attached hydrogen (secondary N) is 1. The van der Waals surface area contributed by atoms with Gasteiger partial charge in [-0.05, 0) is 30.7 Å². The van der Waals surface area contributed by atoms with E-state index in [1.54, 1.807) is 19.1 Å². The van der Waals surface area contributed by atoms with Gasteiger partial charge >= 0.3 is 5.97 Å². The van der Waals surface area contributed by atoms with E-state index in [-0.39, 0.29) is 19.6 Å². The maximum absolute atomic E-state index is 11.8. The number of hydrogen-bond acceptors (Lipinski definition) is 4. The summed E-state index contributed by atoms with van der Waals surface area (Å²) in [6.07, 6.45) is 0.281. The Morgan fingerprint density at radius 3 is 2.70 bits per heavy atom. The standard InChI is InChI=1S/C13H16BrClN2O3/c1-2-20-13(19)11(17-12(18)7-16)5-8-3-9(14)6-10(15)4-8/h3-4,6,11H,2,5,7,16H2,1H3,(H,17,18). The molecule has 1 amide bonds. The number of nitrogens with two attached hydrogens (primary N) is 1. The second-order valence-corrected chi connectivity index (χ2v) is 5.41. The van der Waals surface area contributed by atoms with Gasteiger partial charge in [-0.2, -0.15) is 0 Å². The van der Waals surface area contributed by atoms with Crippen molar-refractivity contribution in [3.8, 4) is 0 Å². The highest BCUT2D eigenvalue weighted by Gasteiger charge is 2.22. The van der Waals surface area contributed by atoms with Gasteiger partial charge in [0.2, 0.25) is 5.91 Å². The van der Waals surface area contributed by atoms with Gasteiger partial charge in [0.15, 0.2) is 0 Å². The molecule has 7 heteroatoms. The number of carbonyl (C=O) groups is 2. The first kappa shape index (κ1) is 16.9. The Bertz CT molecular complexity index is 476. The first-order valence-corrected chi connectivity index (χ1v) is 7.24. The number of esters is 1. The number of amides is 1. The Morgan fingerprint density at radius 1 is 1.45 bits per heavy atom. The molecule has 1 rings (SSSR count). The second kappa shape index (κ2) is 8.24. The lowest BCUT2D eigenvalue weighted by Crippen LogP contribution is -2.45. The van der Waals surface area contributed by atoms with Crippen molar-refractivity contribution in [3.05, 3.63) is 33.3 Å². The van der Waals surface area contributed by atoms with Gasteiger partial charge in [-0.3, -0.25) is 4.79 Å². The molecular formula is C13H16BrClN2O3. The summed E-state index contributed by atoms with van der Waals surface area (Å²) >= 11 is 9.28. The summed E-state index contributed by atoms with van der Waals surface area (Å²) in [5.74, 6) is -0.908. The summed E-state index contributed by atoms with van der Waals surface area (Å²) in [5, 5.41) is 3.09. The van der Waals surface area contributed by atoms with Crippen molar-refractivity contribution in [1.82, 2.24) is 5.32 Å². The predicted octanol–water partition coefficient (Wildman–Crippen LogP) is 1.65. The quantitative estimate of drug-likeness (QED) is 0.753. The van der Waals surface area contributed by atoms with Gasteiger partial charge in [-0.1, -0.05) is 27.5 Å². The third-order valence-electron chi connectivity index (χ3n) is 2.45. The van der Waals surface area contributed by atoms with E-state index in [9.17, 15) is 9.59 Å². The number of ether oxygens (including phenoxy) is 1. The van der Waals surface area contributed by atoms with Crippen molar-refractivity contribution in [2.45, 2.75) is 19.4 Å². The Kier molecular flexibility index (Phi) is 6.98. The lowest BCUT2D eigenvalue weighted by molar-refractivity contribution is -0.147. The van der Waals surface area contributed by atoms with Crippen LogP contribution >= 0.6 is 27.5 Å². The van der Waals surface area contributed by atoms with Crippen LogP contribution in [0, 0.1) is 0 Å². The van der Waals surface area contributed by atoms with Crippen molar-refractivity contribution in [3.63, 3.8) is 0 Å². The van der Waals surface area contributed by atoms with E-state index in [4.69, 9.17) is 22.1 Å². The average molecular weight is 364 g/mol. The van der Waals surface area contributed by atoms with Crippen LogP contribution in [-0.2, 0) is 20.7 Å². The molecule has 0 saturated heterocycles. The summed E-state index contributed by atoms with van der Waals surface area (Å²) in [6, 6.07) is 4.51. The fourth-order valence-electron chi connectivity index (χ4n) is 1.65. The van der Waals surface area contributed by atoms with E-state index in [1.165, 1.54) is 0 Å². The molecule has 0 bridgehead atoms. The number of rotatable bonds is 6. The van der Waals surface area contributed by atoms with Gasteiger partial charge in [-0.25, -0.2) is 4.79 Å². The molecule has 0 saturated carbocycles. The highest BCUT2D eigenvalue weighted by molar-refractivity contribution is 9.10. The van der Waals surface area contributed by atoms with Crippen molar-refractivity contribution in [2.75, 3.05) is 13.2 Å². The molecule has 0 aliphatic rings. The van der Waals surface area contributed by atoms with E-state index < -0.39 is 17.9 Å². The van der Waals surface area contributed by atoms with Crippen LogP contribution in [0.15, 0.2) is 22.7 Å². The minimum atomic E-state index is -0.781. The molecule has 0 fully saturated rings. The van der Waals surface area contributed by atoms with Crippen molar-refractivity contribution < 1.29 is 14.3 Å². The third kappa shape index (κ3) is 5.48. The molecule has 20 heavy (non-hydrogen) atoms. The molecule has 110 valence electrons. The second-order valence-electron chi connectivity index (χ2n) is 4.06. The number of benzene rings is 1. The summed E-state index contributed by atoms with van der Waals surface area (Å²) < 4.78 is 5.74. The molecule has 1 atom stereocenters. The number of halogens is 2. The van der Waals surface area contributed by atoms with Crippen molar-refractivity contribution in [2.24, 2.45) is 5.73 Å². The first-order chi connectivity index (χ1) is 9.46. The van der Waals surface area contributed by atoms with Crippen LogP contribution in [0.2, 0.25) is 5.02 Å². The van der Waals surface area contributed by atoms with Crippen LogP contribution in [0.3, 0.4) is 0 Å². The molecule has 3 N–H and O–H groups in total. The van der Waals surface area contributed by atoms with Gasteiger partial charge in [0, 0.05) is 15.9 Å². The lowest BCUT2D eigenvalue weighted by atomic mass is 10.1. The normalized spacial score (nSPS) is 11.8. The van der Waals surface area contributed by atoms with Gasteiger partial charge in [0.25, 0.3) is 0 Å². The molecule has 0 heterocycles. The summed E-state index contributed by atoms with van der Waals surface area (Å²) in [6.45, 7) is 1.76. The van der Waals surface area contributed by atoms with E-state index in [0.29, 0.717) is 5.02 Å². The molecule has 1 aromatic carbocycles. The van der Waals surface area contributed by atoms with Crippen LogP contribution in [-0.4, -0.2) is 31.1 Å². The highest BCUT2D eigenvalue weighted by Crippen LogP contribution is 2.20. The van der Waals surface area contributed by atoms with Gasteiger partial charge in [0.1, 0.15) is 6.04 Å². The molecule has 0 spiro atoms. The Morgan fingerprint density at radius 2 is 2.15 bits per heavy atom. The van der Waals surface area contributed by atoms with Gasteiger partial charge in [-0.15, -0.1) is 0 Å². The fraction of sp³-hybridized carbons (Fsp3) is 0.385. The Balaban J connectivity index is 2.87. The monoisotopic (exact) mass is 362 g/mol. The van der Waals surface area contributed by atoms with Crippen LogP contribution in [0.1, 0.15) is 12.5 Å². The van der Waals surface area contributed by atoms with Crippen LogP contribution in [0.4, 0.5) is 0 Å². The topological polar surface area (TPSA) is 81.4 Å². The molecule has 0 aliphatic heterocycles. The average Bonchev–Trinajstić information content (AvgIpc) is 2.36. The van der Waals surface area contributed by atoms with Gasteiger partial charge in [0.05, 0.1) is 13.2 Å². The molecule has 0 aliphatic carbocycles. The van der Waals surface area contributed by atoms with E-state index in [2.05, 4.69) is 21.2 Å². The zero-order valence-corrected chi connectivity index (χ0v) is 13.3. The predicted molar refractivity (Wildman–Crippen MR) is 80.5 cm³/mol. The molecule has 5 nitrogen and oxygen atoms in total. The smallest absolute Gasteiger partial charge is 0.328 e. The van der Waals surface area contributed by atoms with Crippen molar-refractivity contribution in [1.29, 1.82) is 0 Å². The maximum Gasteiger partial charge on any atom is 0.328 e. The van der Waals surface area contributed by atoms with E-state index in [0.717, 1.165) is 10.0 Å². The summed E-state index contributed by atoms with van der Waals surface area (Å²) in [5.41, 5.74) is 6.05. The number of hydrogen-bond donors (Lipinski definition) is 2. The van der Waals surface area contributed by atoms with Crippen LogP contribution in [0.5, 0.6) is 0 Å². The molecule has 1 unspecified atom stereocenters. The van der Waals surface area contributed by atoms with Gasteiger partial charge < -0.3 is 15.8 Å². The zero-order valence-electron chi connectivity index (χ0n) is 11.0. The van der Waals surface area contributed by atoms with Crippen molar-refractivity contribution >= 4 is 39.4 Å². The summed E-state index contributed by atoms with van der Waals surface area (Å²) in [7, 11) is 0. The minimum absolute atomic E-state index is 0.185. The fourth-order valence-corrected chi connectivity index (χ4v) is 2.58. The maximum atomic E-state index is 11.8. The van der Waals surface area contributed by atoms with Crippen LogP contribution in [0.25, 0.3) is 0 Å². The van der Waals surface area contributed by atoms with E-state index >= 15 is 0 Å².